The van der Waals surface area contributed by atoms with Crippen LogP contribution in [0.5, 0.6) is 5.75 Å². The lowest BCUT2D eigenvalue weighted by Crippen LogP contribution is -2.13. The van der Waals surface area contributed by atoms with Gasteiger partial charge in [0.05, 0.1) is 5.69 Å². The molecule has 132 valence electrons. The van der Waals surface area contributed by atoms with E-state index in [9.17, 15) is 9.90 Å². The molecule has 3 aromatic rings. The summed E-state index contributed by atoms with van der Waals surface area (Å²) in [6, 6.07) is 12.5. The van der Waals surface area contributed by atoms with Crippen molar-refractivity contribution in [2.45, 2.75) is 13.3 Å². The summed E-state index contributed by atoms with van der Waals surface area (Å²) in [7, 11) is 0. The number of carbonyl (C=O) groups is 1. The Labute approximate surface area is 155 Å². The summed E-state index contributed by atoms with van der Waals surface area (Å²) >= 11 is 6.00. The number of nitrogens with two attached hydrogens (primary N) is 1. The number of aromatic nitrogens is 2. The Morgan fingerprint density at radius 1 is 1.35 bits per heavy atom. The fourth-order valence-corrected chi connectivity index (χ4v) is 2.75. The summed E-state index contributed by atoms with van der Waals surface area (Å²) < 4.78 is 0. The van der Waals surface area contributed by atoms with Crippen LogP contribution in [0.15, 0.2) is 47.5 Å². The second kappa shape index (κ2) is 7.41. The first-order valence-corrected chi connectivity index (χ1v) is 8.27. The van der Waals surface area contributed by atoms with Crippen molar-refractivity contribution in [2.24, 2.45) is 10.7 Å². The highest BCUT2D eigenvalue weighted by atomic mass is 35.5. The molecule has 0 bridgehead atoms. The maximum atomic E-state index is 11.9. The maximum absolute atomic E-state index is 11.9. The number of hydrogen-bond donors (Lipinski definition) is 3. The molecule has 0 saturated carbocycles. The third kappa shape index (κ3) is 3.92. The molecular weight excluding hydrogens is 352 g/mol. The number of nitrogens with zero attached hydrogens (tertiary/aromatic N) is 2. The number of benzene rings is 2. The molecule has 7 heteroatoms. The van der Waals surface area contributed by atoms with Crippen LogP contribution in [0, 0.1) is 6.92 Å². The van der Waals surface area contributed by atoms with Crippen LogP contribution in [0.25, 0.3) is 0 Å². The number of aryl methyl sites for hydroxylation is 1. The largest absolute Gasteiger partial charge is 0.508 e. The molecule has 6 nitrogen and oxygen atoms in total. The topological polar surface area (TPSA) is 104 Å². The van der Waals surface area contributed by atoms with Crippen molar-refractivity contribution in [1.29, 1.82) is 0 Å². The van der Waals surface area contributed by atoms with E-state index in [0.29, 0.717) is 22.7 Å². The van der Waals surface area contributed by atoms with Gasteiger partial charge >= 0.3 is 0 Å². The quantitative estimate of drug-likeness (QED) is 0.600. The van der Waals surface area contributed by atoms with Crippen LogP contribution in [-0.4, -0.2) is 27.4 Å². The van der Waals surface area contributed by atoms with Crippen molar-refractivity contribution < 1.29 is 9.90 Å². The molecule has 3 rings (SSSR count). The maximum Gasteiger partial charge on any atom is 0.254 e. The molecule has 0 aliphatic heterocycles. The minimum atomic E-state index is -0.616. The number of carbonyl (C=O) groups excluding carboxylic acids is 1. The summed E-state index contributed by atoms with van der Waals surface area (Å²) in [5.41, 5.74) is 8.69. The van der Waals surface area contributed by atoms with Gasteiger partial charge in [-0.15, -0.1) is 0 Å². The predicted molar refractivity (Wildman–Crippen MR) is 101 cm³/mol. The monoisotopic (exact) mass is 368 g/mol. The third-order valence-electron chi connectivity index (χ3n) is 3.91. The first kappa shape index (κ1) is 17.7. The number of hydrogen-bond acceptors (Lipinski definition) is 4. The Morgan fingerprint density at radius 3 is 2.85 bits per heavy atom. The van der Waals surface area contributed by atoms with Gasteiger partial charge in [0.25, 0.3) is 5.91 Å². The zero-order valence-corrected chi connectivity index (χ0v) is 14.8. The van der Waals surface area contributed by atoms with E-state index in [-0.39, 0.29) is 17.1 Å². The van der Waals surface area contributed by atoms with Gasteiger partial charge in [0.15, 0.2) is 5.82 Å². The number of H-pyrrole nitrogens is 1. The van der Waals surface area contributed by atoms with E-state index < -0.39 is 5.91 Å². The first-order valence-electron chi connectivity index (χ1n) is 7.89. The normalized spacial score (nSPS) is 11.2. The van der Waals surface area contributed by atoms with E-state index in [1.165, 1.54) is 6.21 Å². The van der Waals surface area contributed by atoms with E-state index in [0.717, 1.165) is 11.1 Å². The molecule has 0 spiro atoms. The molecule has 4 N–H and O–H groups in total. The van der Waals surface area contributed by atoms with Gasteiger partial charge in [0.1, 0.15) is 11.3 Å². The molecule has 26 heavy (non-hydrogen) atoms. The number of aliphatic imine (C=N–C) groups is 1. The van der Waals surface area contributed by atoms with Gasteiger partial charge in [0, 0.05) is 17.7 Å². The van der Waals surface area contributed by atoms with Crippen LogP contribution in [0.4, 0.5) is 5.82 Å². The molecule has 1 amide bonds. The first-order chi connectivity index (χ1) is 12.4. The number of phenolic OH excluding ortho intramolecular Hbond substituents is 1. The van der Waals surface area contributed by atoms with E-state index in [1.54, 1.807) is 25.1 Å². The number of aromatic amines is 1. The number of primary amides is 1. The fraction of sp³-hybridized carbons (Fsp3) is 0.105. The average molecular weight is 369 g/mol. The molecule has 0 aliphatic rings. The molecule has 2 aromatic carbocycles. The number of aromatic hydroxyl groups is 1. The summed E-state index contributed by atoms with van der Waals surface area (Å²) in [6.45, 7) is 1.80. The van der Waals surface area contributed by atoms with Gasteiger partial charge in [-0.1, -0.05) is 35.9 Å². The molecular formula is C19H17ClN4O2. The van der Waals surface area contributed by atoms with Gasteiger partial charge in [-0.25, -0.2) is 4.99 Å². The molecule has 1 aromatic heterocycles. The number of rotatable bonds is 5. The average Bonchev–Trinajstić information content (AvgIpc) is 2.99. The van der Waals surface area contributed by atoms with Gasteiger partial charge in [0.2, 0.25) is 0 Å². The Morgan fingerprint density at radius 2 is 2.15 bits per heavy atom. The van der Waals surface area contributed by atoms with E-state index in [2.05, 4.69) is 15.2 Å². The predicted octanol–water partition coefficient (Wildman–Crippen LogP) is 3.52. The van der Waals surface area contributed by atoms with Crippen molar-refractivity contribution in [3.8, 4) is 5.75 Å². The van der Waals surface area contributed by atoms with Crippen LogP contribution < -0.4 is 5.73 Å². The second-order valence-corrected chi connectivity index (χ2v) is 6.31. The summed E-state index contributed by atoms with van der Waals surface area (Å²) in [6.07, 6.45) is 1.94. The minimum Gasteiger partial charge on any atom is -0.508 e. The lowest BCUT2D eigenvalue weighted by molar-refractivity contribution is 0.100. The zero-order valence-electron chi connectivity index (χ0n) is 14.0. The number of phenols is 1. The SMILES string of the molecule is Cc1ccc(C=Nc2n[nH]c(Cc3cccc(Cl)c3)c2C(N)=O)cc1O. The van der Waals surface area contributed by atoms with Crippen molar-refractivity contribution in [3.05, 3.63) is 75.4 Å². The van der Waals surface area contributed by atoms with Crippen LogP contribution >= 0.6 is 11.6 Å². The molecule has 0 fully saturated rings. The third-order valence-corrected chi connectivity index (χ3v) is 4.14. The number of halogens is 1. The fourth-order valence-electron chi connectivity index (χ4n) is 2.54. The Balaban J connectivity index is 1.90. The number of amides is 1. The van der Waals surface area contributed by atoms with Gasteiger partial charge < -0.3 is 10.8 Å². The van der Waals surface area contributed by atoms with E-state index in [4.69, 9.17) is 17.3 Å². The van der Waals surface area contributed by atoms with Crippen LogP contribution in [-0.2, 0) is 6.42 Å². The van der Waals surface area contributed by atoms with Gasteiger partial charge in [-0.05, 0) is 41.8 Å². The summed E-state index contributed by atoms with van der Waals surface area (Å²) in [5, 5.41) is 17.3. The molecule has 0 saturated heterocycles. The van der Waals surface area contributed by atoms with Crippen molar-refractivity contribution in [3.63, 3.8) is 0 Å². The van der Waals surface area contributed by atoms with E-state index in [1.807, 2.05) is 24.3 Å². The van der Waals surface area contributed by atoms with Crippen LogP contribution in [0.2, 0.25) is 5.02 Å². The summed E-state index contributed by atoms with van der Waals surface area (Å²) in [5.74, 6) is -0.239. The Kier molecular flexibility index (Phi) is 5.04. The van der Waals surface area contributed by atoms with Crippen LogP contribution in [0.3, 0.4) is 0 Å². The van der Waals surface area contributed by atoms with Crippen molar-refractivity contribution in [2.75, 3.05) is 0 Å². The van der Waals surface area contributed by atoms with Crippen molar-refractivity contribution >= 4 is 29.5 Å². The Bertz CT molecular complexity index is 995. The van der Waals surface area contributed by atoms with Crippen LogP contribution in [0.1, 0.15) is 32.7 Å². The smallest absolute Gasteiger partial charge is 0.254 e. The zero-order chi connectivity index (χ0) is 18.7. The molecule has 1 heterocycles. The Hall–Kier alpha value is -3.12. The highest BCUT2D eigenvalue weighted by molar-refractivity contribution is 6.30. The van der Waals surface area contributed by atoms with E-state index >= 15 is 0 Å². The second-order valence-electron chi connectivity index (χ2n) is 5.88. The van der Waals surface area contributed by atoms with Crippen molar-refractivity contribution in [1.82, 2.24) is 10.2 Å². The number of nitrogens with one attached hydrogen (secondary N) is 1. The summed E-state index contributed by atoms with van der Waals surface area (Å²) in [4.78, 5) is 16.1. The van der Waals surface area contributed by atoms with Gasteiger partial charge in [-0.2, -0.15) is 5.10 Å². The molecule has 0 aliphatic carbocycles. The molecule has 0 atom stereocenters. The highest BCUT2D eigenvalue weighted by Gasteiger charge is 2.18. The lowest BCUT2D eigenvalue weighted by Gasteiger charge is -2.02. The minimum absolute atomic E-state index is 0.174. The lowest BCUT2D eigenvalue weighted by atomic mass is 10.1. The standard InChI is InChI=1S/C19H17ClN4O2/c1-11-5-6-13(9-16(11)25)10-22-19-17(18(21)26)15(23-24-19)8-12-3-2-4-14(20)7-12/h2-7,9-10,25H,8H2,1H3,(H2,21,26)(H,23,24). The molecule has 0 radical (unpaired) electrons. The van der Waals surface area contributed by atoms with Gasteiger partial charge in [-0.3, -0.25) is 9.89 Å². The molecule has 0 unspecified atom stereocenters. The highest BCUT2D eigenvalue weighted by Crippen LogP contribution is 2.23.